The Morgan fingerprint density at radius 1 is 1.22 bits per heavy atom. The molecule has 1 saturated carbocycles. The quantitative estimate of drug-likeness (QED) is 0.843. The summed E-state index contributed by atoms with van der Waals surface area (Å²) in [6.07, 6.45) is 7.83. The molecule has 1 heterocycles. The average Bonchev–Trinajstić information content (AvgIpc) is 2.27. The van der Waals surface area contributed by atoms with Crippen LogP contribution in [0.4, 0.5) is 0 Å². The molecule has 1 aliphatic heterocycles. The maximum atomic E-state index is 6.48. The molecule has 0 aromatic heterocycles. The molecule has 3 nitrogen and oxygen atoms in total. The van der Waals surface area contributed by atoms with Crippen molar-refractivity contribution in [2.24, 2.45) is 11.7 Å². The van der Waals surface area contributed by atoms with E-state index in [1.165, 1.54) is 12.8 Å². The lowest BCUT2D eigenvalue weighted by Crippen LogP contribution is -2.49. The molecular formula is C15H29NO2. The molecule has 2 N–H and O–H groups in total. The third kappa shape index (κ3) is 3.46. The summed E-state index contributed by atoms with van der Waals surface area (Å²) in [5.41, 5.74) is 5.97. The summed E-state index contributed by atoms with van der Waals surface area (Å²) in [5, 5.41) is 0. The van der Waals surface area contributed by atoms with Crippen LogP contribution in [0, 0.1) is 5.92 Å². The third-order valence-electron chi connectivity index (χ3n) is 4.49. The van der Waals surface area contributed by atoms with Crippen molar-refractivity contribution in [1.82, 2.24) is 0 Å². The van der Waals surface area contributed by atoms with Gasteiger partial charge in [0.15, 0.2) is 0 Å². The van der Waals surface area contributed by atoms with E-state index in [2.05, 4.69) is 20.8 Å². The van der Waals surface area contributed by atoms with E-state index in [1.54, 1.807) is 0 Å². The summed E-state index contributed by atoms with van der Waals surface area (Å²) < 4.78 is 12.3. The molecular weight excluding hydrogens is 226 g/mol. The zero-order valence-corrected chi connectivity index (χ0v) is 12.2. The smallest absolute Gasteiger partial charge is 0.0810 e. The van der Waals surface area contributed by atoms with Gasteiger partial charge in [-0.15, -0.1) is 0 Å². The fourth-order valence-electron chi connectivity index (χ4n) is 3.75. The van der Waals surface area contributed by atoms with Crippen LogP contribution in [0.15, 0.2) is 0 Å². The topological polar surface area (TPSA) is 44.5 Å². The van der Waals surface area contributed by atoms with Gasteiger partial charge in [0, 0.05) is 6.54 Å². The molecule has 1 aliphatic carbocycles. The molecule has 18 heavy (non-hydrogen) atoms. The van der Waals surface area contributed by atoms with Crippen molar-refractivity contribution in [2.45, 2.75) is 83.2 Å². The Morgan fingerprint density at radius 2 is 1.89 bits per heavy atom. The van der Waals surface area contributed by atoms with Crippen molar-refractivity contribution in [3.05, 3.63) is 0 Å². The van der Waals surface area contributed by atoms with Crippen molar-refractivity contribution < 1.29 is 9.47 Å². The molecule has 2 aliphatic rings. The van der Waals surface area contributed by atoms with Gasteiger partial charge < -0.3 is 15.2 Å². The molecule has 0 amide bonds. The Kier molecular flexibility index (Phi) is 4.68. The molecule has 3 heteroatoms. The minimum Gasteiger partial charge on any atom is -0.375 e. The molecule has 0 aromatic carbocycles. The van der Waals surface area contributed by atoms with E-state index in [0.717, 1.165) is 31.6 Å². The van der Waals surface area contributed by atoms with Crippen molar-refractivity contribution in [2.75, 3.05) is 6.54 Å². The van der Waals surface area contributed by atoms with Crippen molar-refractivity contribution in [3.63, 3.8) is 0 Å². The maximum Gasteiger partial charge on any atom is 0.0810 e. The van der Waals surface area contributed by atoms with Gasteiger partial charge in [0.1, 0.15) is 0 Å². The Bertz CT molecular complexity index is 261. The molecule has 0 aromatic rings. The summed E-state index contributed by atoms with van der Waals surface area (Å²) in [5.74, 6) is 0.747. The second-order valence-corrected chi connectivity index (χ2v) is 6.56. The standard InChI is InChI=1S/C15H29NO2/c1-11-5-4-6-15(9-11,10-16)18-14-7-12(2)17-13(3)8-14/h11-14H,4-10,16H2,1-3H3. The van der Waals surface area contributed by atoms with Gasteiger partial charge in [-0.3, -0.25) is 0 Å². The average molecular weight is 255 g/mol. The first-order chi connectivity index (χ1) is 8.53. The van der Waals surface area contributed by atoms with Gasteiger partial charge in [-0.25, -0.2) is 0 Å². The highest BCUT2D eigenvalue weighted by atomic mass is 16.5. The van der Waals surface area contributed by atoms with Crippen LogP contribution < -0.4 is 5.73 Å². The largest absolute Gasteiger partial charge is 0.375 e. The minimum atomic E-state index is -0.0564. The predicted octanol–water partition coefficient (Wildman–Crippen LogP) is 2.87. The molecule has 1 saturated heterocycles. The van der Waals surface area contributed by atoms with Gasteiger partial charge in [0.2, 0.25) is 0 Å². The first-order valence-corrected chi connectivity index (χ1v) is 7.56. The summed E-state index contributed by atoms with van der Waals surface area (Å²) >= 11 is 0. The normalized spacial score (nSPS) is 46.0. The summed E-state index contributed by atoms with van der Waals surface area (Å²) in [4.78, 5) is 0. The first kappa shape index (κ1) is 14.3. The second-order valence-electron chi connectivity index (χ2n) is 6.56. The third-order valence-corrected chi connectivity index (χ3v) is 4.49. The van der Waals surface area contributed by atoms with Gasteiger partial charge in [-0.05, 0) is 45.4 Å². The van der Waals surface area contributed by atoms with Crippen LogP contribution in [-0.2, 0) is 9.47 Å². The fourth-order valence-corrected chi connectivity index (χ4v) is 3.75. The number of hydrogen-bond donors (Lipinski definition) is 1. The van der Waals surface area contributed by atoms with E-state index in [9.17, 15) is 0 Å². The summed E-state index contributed by atoms with van der Waals surface area (Å²) in [6, 6.07) is 0. The second kappa shape index (κ2) is 5.89. The van der Waals surface area contributed by atoms with E-state index >= 15 is 0 Å². The predicted molar refractivity (Wildman–Crippen MR) is 73.5 cm³/mol. The highest BCUT2D eigenvalue weighted by Gasteiger charge is 2.38. The number of rotatable bonds is 3. The van der Waals surface area contributed by atoms with Crippen molar-refractivity contribution >= 4 is 0 Å². The molecule has 0 bridgehead atoms. The van der Waals surface area contributed by atoms with Crippen LogP contribution in [0.3, 0.4) is 0 Å². The van der Waals surface area contributed by atoms with E-state index in [4.69, 9.17) is 15.2 Å². The Hall–Kier alpha value is -0.120. The SMILES string of the molecule is CC1CCCC(CN)(OC2CC(C)OC(C)C2)C1. The lowest BCUT2D eigenvalue weighted by Gasteiger charge is -2.44. The van der Waals surface area contributed by atoms with E-state index in [0.29, 0.717) is 24.9 Å². The zero-order valence-electron chi connectivity index (χ0n) is 12.2. The van der Waals surface area contributed by atoms with Crippen LogP contribution in [-0.4, -0.2) is 30.5 Å². The first-order valence-electron chi connectivity index (χ1n) is 7.56. The number of ether oxygens (including phenoxy) is 2. The molecule has 0 radical (unpaired) electrons. The Morgan fingerprint density at radius 3 is 2.44 bits per heavy atom. The van der Waals surface area contributed by atoms with Crippen LogP contribution in [0.5, 0.6) is 0 Å². The lowest BCUT2D eigenvalue weighted by molar-refractivity contribution is -0.168. The number of hydrogen-bond acceptors (Lipinski definition) is 3. The lowest BCUT2D eigenvalue weighted by atomic mass is 9.78. The maximum absolute atomic E-state index is 6.48. The van der Waals surface area contributed by atoms with E-state index in [1.807, 2.05) is 0 Å². The molecule has 4 atom stereocenters. The molecule has 0 spiro atoms. The van der Waals surface area contributed by atoms with E-state index in [-0.39, 0.29) is 5.60 Å². The van der Waals surface area contributed by atoms with Crippen molar-refractivity contribution in [3.8, 4) is 0 Å². The summed E-state index contributed by atoms with van der Waals surface area (Å²) in [6.45, 7) is 7.27. The highest BCUT2D eigenvalue weighted by molar-refractivity contribution is 4.90. The van der Waals surface area contributed by atoms with Gasteiger partial charge >= 0.3 is 0 Å². The van der Waals surface area contributed by atoms with Gasteiger partial charge in [-0.2, -0.15) is 0 Å². The van der Waals surface area contributed by atoms with Gasteiger partial charge in [0.05, 0.1) is 23.9 Å². The monoisotopic (exact) mass is 255 g/mol. The minimum absolute atomic E-state index is 0.0564. The zero-order chi connectivity index (χ0) is 13.2. The van der Waals surface area contributed by atoms with Crippen molar-refractivity contribution in [1.29, 1.82) is 0 Å². The van der Waals surface area contributed by atoms with Crippen LogP contribution in [0.1, 0.15) is 59.3 Å². The van der Waals surface area contributed by atoms with Crippen LogP contribution in [0.2, 0.25) is 0 Å². The Balaban J connectivity index is 1.96. The Labute approximate surface area is 111 Å². The summed E-state index contributed by atoms with van der Waals surface area (Å²) in [7, 11) is 0. The molecule has 4 unspecified atom stereocenters. The number of nitrogens with two attached hydrogens (primary N) is 1. The molecule has 106 valence electrons. The van der Waals surface area contributed by atoms with Crippen LogP contribution in [0.25, 0.3) is 0 Å². The van der Waals surface area contributed by atoms with Crippen LogP contribution >= 0.6 is 0 Å². The van der Waals surface area contributed by atoms with Gasteiger partial charge in [0.25, 0.3) is 0 Å². The van der Waals surface area contributed by atoms with E-state index < -0.39 is 0 Å². The molecule has 2 rings (SSSR count). The molecule has 2 fully saturated rings. The van der Waals surface area contributed by atoms with Gasteiger partial charge in [-0.1, -0.05) is 19.8 Å². The highest BCUT2D eigenvalue weighted by Crippen LogP contribution is 2.37. The fraction of sp³-hybridized carbons (Fsp3) is 1.00.